The zero-order valence-electron chi connectivity index (χ0n) is 14.9. The Morgan fingerprint density at radius 3 is 2.57 bits per heavy atom. The third kappa shape index (κ3) is 7.59. The van der Waals surface area contributed by atoms with Crippen molar-refractivity contribution in [2.45, 2.75) is 53.4 Å². The second-order valence-electron chi connectivity index (χ2n) is 7.01. The topological polar surface area (TPSA) is 73.6 Å². The summed E-state index contributed by atoms with van der Waals surface area (Å²) in [6.07, 6.45) is 0.212. The van der Waals surface area contributed by atoms with Gasteiger partial charge in [-0.2, -0.15) is 0 Å². The molecule has 1 aromatic rings. The van der Waals surface area contributed by atoms with Gasteiger partial charge in [-0.05, 0) is 37.0 Å². The van der Waals surface area contributed by atoms with Crippen LogP contribution in [0.4, 0.5) is 5.69 Å². The molecule has 0 unspecified atom stereocenters. The number of rotatable bonds is 8. The maximum atomic E-state index is 12.1. The summed E-state index contributed by atoms with van der Waals surface area (Å²) in [5, 5.41) is 2.86. The van der Waals surface area contributed by atoms with Gasteiger partial charge in [0, 0.05) is 5.69 Å². The van der Waals surface area contributed by atoms with E-state index in [1.54, 1.807) is 0 Å². The lowest BCUT2D eigenvalue weighted by atomic mass is 9.87. The van der Waals surface area contributed by atoms with E-state index < -0.39 is 6.04 Å². The molecule has 0 saturated carbocycles. The Morgan fingerprint density at radius 1 is 1.26 bits per heavy atom. The molecule has 1 rings (SSSR count). The molecule has 1 amide bonds. The maximum Gasteiger partial charge on any atom is 0.241 e. The van der Waals surface area contributed by atoms with Crippen molar-refractivity contribution in [2.24, 2.45) is 11.1 Å². The summed E-state index contributed by atoms with van der Waals surface area (Å²) < 4.78 is 11.0. The van der Waals surface area contributed by atoms with Crippen LogP contribution >= 0.6 is 0 Å². The molecule has 1 aromatic carbocycles. The van der Waals surface area contributed by atoms with Crippen molar-refractivity contribution in [3.63, 3.8) is 0 Å². The number of anilines is 1. The maximum absolute atomic E-state index is 12.1. The minimum Gasteiger partial charge on any atom is -0.376 e. The van der Waals surface area contributed by atoms with Crippen LogP contribution in [0, 0.1) is 5.41 Å². The molecule has 0 aromatic heterocycles. The Hall–Kier alpha value is -1.43. The summed E-state index contributed by atoms with van der Waals surface area (Å²) in [6, 6.07) is 7.04. The minimum atomic E-state index is -0.560. The van der Waals surface area contributed by atoms with Gasteiger partial charge < -0.3 is 20.5 Å². The minimum absolute atomic E-state index is 0.180. The van der Waals surface area contributed by atoms with E-state index in [0.29, 0.717) is 19.8 Å². The smallest absolute Gasteiger partial charge is 0.241 e. The number of amides is 1. The molecule has 1 atom stereocenters. The van der Waals surface area contributed by atoms with Gasteiger partial charge in [-0.1, -0.05) is 32.9 Å². The number of nitrogens with two attached hydrogens (primary N) is 1. The van der Waals surface area contributed by atoms with E-state index in [2.05, 4.69) is 5.32 Å². The summed E-state index contributed by atoms with van der Waals surface area (Å²) in [4.78, 5) is 12.1. The third-order valence-corrected chi connectivity index (χ3v) is 3.36. The monoisotopic (exact) mass is 322 g/mol. The fourth-order valence-corrected chi connectivity index (χ4v) is 1.88. The highest BCUT2D eigenvalue weighted by molar-refractivity contribution is 5.95. The number of ether oxygens (including phenoxy) is 2. The molecule has 0 saturated heterocycles. The van der Waals surface area contributed by atoms with Crippen LogP contribution in [0.15, 0.2) is 24.3 Å². The normalized spacial score (nSPS) is 13.2. The van der Waals surface area contributed by atoms with Crippen LogP contribution in [0.3, 0.4) is 0 Å². The van der Waals surface area contributed by atoms with Gasteiger partial charge in [-0.25, -0.2) is 0 Å². The zero-order chi connectivity index (χ0) is 17.5. The van der Waals surface area contributed by atoms with Gasteiger partial charge in [-0.3, -0.25) is 4.79 Å². The fourth-order valence-electron chi connectivity index (χ4n) is 1.88. The van der Waals surface area contributed by atoms with Crippen molar-refractivity contribution >= 4 is 11.6 Å². The van der Waals surface area contributed by atoms with Crippen molar-refractivity contribution < 1.29 is 14.3 Å². The molecule has 0 fully saturated rings. The fraction of sp³-hybridized carbons (Fsp3) is 0.611. The molecule has 0 aliphatic rings. The molecule has 5 nitrogen and oxygen atoms in total. The van der Waals surface area contributed by atoms with Crippen LogP contribution in [0.1, 0.15) is 40.2 Å². The molecule has 0 bridgehead atoms. The number of hydrogen-bond acceptors (Lipinski definition) is 4. The molecule has 130 valence electrons. The first-order chi connectivity index (χ1) is 10.7. The standard InChI is InChI=1S/C18H30N2O3/c1-13(2)23-10-9-22-12-14-7-6-8-15(11-14)20-17(21)16(19)18(3,4)5/h6-8,11,13,16H,9-10,12,19H2,1-5H3,(H,20,21)/t16-/m1/s1. The van der Waals surface area contributed by atoms with E-state index in [-0.39, 0.29) is 17.4 Å². The predicted molar refractivity (Wildman–Crippen MR) is 93.2 cm³/mol. The number of carbonyl (C=O) groups excluding carboxylic acids is 1. The van der Waals surface area contributed by atoms with Gasteiger partial charge in [0.15, 0.2) is 0 Å². The molecule has 0 heterocycles. The van der Waals surface area contributed by atoms with E-state index in [9.17, 15) is 4.79 Å². The average Bonchev–Trinajstić information content (AvgIpc) is 2.45. The molecule has 23 heavy (non-hydrogen) atoms. The highest BCUT2D eigenvalue weighted by Gasteiger charge is 2.27. The van der Waals surface area contributed by atoms with Gasteiger partial charge in [0.1, 0.15) is 0 Å². The summed E-state index contributed by atoms with van der Waals surface area (Å²) in [5.74, 6) is -0.180. The Labute approximate surface area is 139 Å². The quantitative estimate of drug-likeness (QED) is 0.722. The van der Waals surface area contributed by atoms with Crippen molar-refractivity contribution in [3.05, 3.63) is 29.8 Å². The van der Waals surface area contributed by atoms with Gasteiger partial charge in [0.2, 0.25) is 5.91 Å². The lowest BCUT2D eigenvalue weighted by molar-refractivity contribution is -0.119. The van der Waals surface area contributed by atoms with Crippen LogP contribution in [0.25, 0.3) is 0 Å². The highest BCUT2D eigenvalue weighted by Crippen LogP contribution is 2.19. The van der Waals surface area contributed by atoms with Crippen LogP contribution in [-0.2, 0) is 20.9 Å². The Bertz CT molecular complexity index is 495. The van der Waals surface area contributed by atoms with E-state index in [4.69, 9.17) is 15.2 Å². The average molecular weight is 322 g/mol. The van der Waals surface area contributed by atoms with Gasteiger partial charge in [-0.15, -0.1) is 0 Å². The predicted octanol–water partition coefficient (Wildman–Crippen LogP) is 2.94. The van der Waals surface area contributed by atoms with E-state index >= 15 is 0 Å². The van der Waals surface area contributed by atoms with E-state index in [0.717, 1.165) is 11.3 Å². The lowest BCUT2D eigenvalue weighted by Gasteiger charge is -2.25. The van der Waals surface area contributed by atoms with Crippen molar-refractivity contribution in [1.29, 1.82) is 0 Å². The van der Waals surface area contributed by atoms with Crippen LogP contribution < -0.4 is 11.1 Å². The van der Waals surface area contributed by atoms with E-state index in [1.807, 2.05) is 58.9 Å². The van der Waals surface area contributed by atoms with E-state index in [1.165, 1.54) is 0 Å². The summed E-state index contributed by atoms with van der Waals surface area (Å²) in [5.41, 5.74) is 7.42. The first-order valence-electron chi connectivity index (χ1n) is 8.05. The Morgan fingerprint density at radius 2 is 1.96 bits per heavy atom. The number of nitrogens with one attached hydrogen (secondary N) is 1. The molecular formula is C18H30N2O3. The first kappa shape index (κ1) is 19.6. The summed E-state index contributed by atoms with van der Waals surface area (Å²) in [7, 11) is 0. The molecule has 0 aliphatic carbocycles. The van der Waals surface area contributed by atoms with Gasteiger partial charge >= 0.3 is 0 Å². The lowest BCUT2D eigenvalue weighted by Crippen LogP contribution is -2.45. The van der Waals surface area contributed by atoms with Crippen LogP contribution in [0.2, 0.25) is 0 Å². The molecule has 3 N–H and O–H groups in total. The molecule has 0 aliphatic heterocycles. The summed E-state index contributed by atoms with van der Waals surface area (Å²) >= 11 is 0. The zero-order valence-corrected chi connectivity index (χ0v) is 14.9. The van der Waals surface area contributed by atoms with Gasteiger partial charge in [0.05, 0.1) is 32.0 Å². The molecule has 0 radical (unpaired) electrons. The Kier molecular flexibility index (Phi) is 7.68. The first-order valence-corrected chi connectivity index (χ1v) is 8.05. The second kappa shape index (κ2) is 9.01. The third-order valence-electron chi connectivity index (χ3n) is 3.36. The number of carbonyl (C=O) groups is 1. The SMILES string of the molecule is CC(C)OCCOCc1cccc(NC(=O)[C@@H](N)C(C)(C)C)c1. The van der Waals surface area contributed by atoms with Gasteiger partial charge in [0.25, 0.3) is 0 Å². The number of benzene rings is 1. The second-order valence-corrected chi connectivity index (χ2v) is 7.01. The number of hydrogen-bond donors (Lipinski definition) is 2. The largest absolute Gasteiger partial charge is 0.376 e. The van der Waals surface area contributed by atoms with Crippen molar-refractivity contribution in [2.75, 3.05) is 18.5 Å². The van der Waals surface area contributed by atoms with Crippen molar-refractivity contribution in [1.82, 2.24) is 0 Å². The van der Waals surface area contributed by atoms with Crippen LogP contribution in [0.5, 0.6) is 0 Å². The highest BCUT2D eigenvalue weighted by atomic mass is 16.5. The molecule has 5 heteroatoms. The van der Waals surface area contributed by atoms with Crippen LogP contribution in [-0.4, -0.2) is 31.3 Å². The molecule has 0 spiro atoms. The molecular weight excluding hydrogens is 292 g/mol. The summed E-state index contributed by atoms with van der Waals surface area (Å²) in [6.45, 7) is 11.4. The van der Waals surface area contributed by atoms with Crippen molar-refractivity contribution in [3.8, 4) is 0 Å². The Balaban J connectivity index is 2.49.